The summed E-state index contributed by atoms with van der Waals surface area (Å²) in [5.41, 5.74) is 3.08. The molecule has 1 fully saturated rings. The Morgan fingerprint density at radius 3 is 2.72 bits per heavy atom. The number of H-pyrrole nitrogens is 1. The van der Waals surface area contributed by atoms with Crippen molar-refractivity contribution in [1.29, 1.82) is 0 Å². The Kier molecular flexibility index (Phi) is 3.92. The summed E-state index contributed by atoms with van der Waals surface area (Å²) in [6.07, 6.45) is 1.22. The SMILES string of the molecule is CC1CCN(c2ccc(NC(=O)c3cc4cc(F)ccc4[nH]3)cc2)C1. The van der Waals surface area contributed by atoms with E-state index < -0.39 is 0 Å². The van der Waals surface area contributed by atoms with Crippen LogP contribution in [0.5, 0.6) is 0 Å². The summed E-state index contributed by atoms with van der Waals surface area (Å²) in [6.45, 7) is 4.43. The number of hydrogen-bond donors (Lipinski definition) is 2. The lowest BCUT2D eigenvalue weighted by atomic mass is 10.2. The second-order valence-electron chi connectivity index (χ2n) is 6.76. The van der Waals surface area contributed by atoms with Crippen LogP contribution in [0, 0.1) is 11.7 Å². The molecule has 1 amide bonds. The third kappa shape index (κ3) is 3.22. The number of fused-ring (bicyclic) bond motifs is 1. The molecule has 0 aliphatic carbocycles. The number of benzene rings is 2. The quantitative estimate of drug-likeness (QED) is 0.744. The molecule has 1 unspecified atom stereocenters. The Balaban J connectivity index is 1.48. The molecule has 5 heteroatoms. The number of carbonyl (C=O) groups is 1. The normalized spacial score (nSPS) is 17.2. The largest absolute Gasteiger partial charge is 0.371 e. The van der Waals surface area contributed by atoms with Gasteiger partial charge >= 0.3 is 0 Å². The van der Waals surface area contributed by atoms with Gasteiger partial charge in [0.1, 0.15) is 11.5 Å². The van der Waals surface area contributed by atoms with Crippen LogP contribution in [0.25, 0.3) is 10.9 Å². The first-order valence-electron chi connectivity index (χ1n) is 8.53. The molecule has 0 saturated carbocycles. The highest BCUT2D eigenvalue weighted by Crippen LogP contribution is 2.25. The lowest BCUT2D eigenvalue weighted by Crippen LogP contribution is -2.19. The Morgan fingerprint density at radius 1 is 1.20 bits per heavy atom. The molecule has 0 spiro atoms. The molecule has 1 aliphatic rings. The van der Waals surface area contributed by atoms with Crippen LogP contribution in [-0.4, -0.2) is 24.0 Å². The summed E-state index contributed by atoms with van der Waals surface area (Å²) in [4.78, 5) is 17.8. The fraction of sp³-hybridized carbons (Fsp3) is 0.250. The second kappa shape index (κ2) is 6.24. The van der Waals surface area contributed by atoms with Crippen LogP contribution in [0.2, 0.25) is 0 Å². The van der Waals surface area contributed by atoms with Gasteiger partial charge in [0.25, 0.3) is 5.91 Å². The molecule has 4 rings (SSSR count). The van der Waals surface area contributed by atoms with Gasteiger partial charge in [-0.1, -0.05) is 6.92 Å². The zero-order valence-electron chi connectivity index (χ0n) is 14.1. The third-order valence-electron chi connectivity index (χ3n) is 4.74. The van der Waals surface area contributed by atoms with Crippen molar-refractivity contribution in [3.05, 3.63) is 60.0 Å². The number of aromatic amines is 1. The maximum absolute atomic E-state index is 13.3. The smallest absolute Gasteiger partial charge is 0.272 e. The van der Waals surface area contributed by atoms with Gasteiger partial charge < -0.3 is 15.2 Å². The monoisotopic (exact) mass is 337 g/mol. The summed E-state index contributed by atoms with van der Waals surface area (Å²) >= 11 is 0. The molecule has 3 aromatic rings. The Bertz CT molecular complexity index is 916. The molecular weight excluding hydrogens is 317 g/mol. The minimum Gasteiger partial charge on any atom is -0.371 e. The van der Waals surface area contributed by atoms with Crippen LogP contribution >= 0.6 is 0 Å². The molecule has 1 aliphatic heterocycles. The van der Waals surface area contributed by atoms with Crippen molar-refractivity contribution in [2.75, 3.05) is 23.3 Å². The zero-order valence-corrected chi connectivity index (χ0v) is 14.1. The molecule has 1 saturated heterocycles. The summed E-state index contributed by atoms with van der Waals surface area (Å²) in [6, 6.07) is 14.0. The number of carbonyl (C=O) groups excluding carboxylic acids is 1. The summed E-state index contributed by atoms with van der Waals surface area (Å²) < 4.78 is 13.3. The number of rotatable bonds is 3. The third-order valence-corrected chi connectivity index (χ3v) is 4.74. The van der Waals surface area contributed by atoms with Gasteiger partial charge in [0.15, 0.2) is 0 Å². The van der Waals surface area contributed by atoms with Gasteiger partial charge in [0.05, 0.1) is 0 Å². The summed E-state index contributed by atoms with van der Waals surface area (Å²) in [5.74, 6) is 0.177. The highest BCUT2D eigenvalue weighted by molar-refractivity contribution is 6.06. The molecule has 2 aromatic carbocycles. The van der Waals surface area contributed by atoms with E-state index in [1.807, 2.05) is 24.3 Å². The minimum atomic E-state index is -0.315. The van der Waals surface area contributed by atoms with Gasteiger partial charge in [-0.05, 0) is 60.9 Å². The van der Waals surface area contributed by atoms with Crippen molar-refractivity contribution in [3.63, 3.8) is 0 Å². The van der Waals surface area contributed by atoms with Crippen LogP contribution in [0.3, 0.4) is 0 Å². The fourth-order valence-corrected chi connectivity index (χ4v) is 3.35. The van der Waals surface area contributed by atoms with Crippen molar-refractivity contribution in [3.8, 4) is 0 Å². The number of nitrogens with one attached hydrogen (secondary N) is 2. The Hall–Kier alpha value is -2.82. The molecule has 128 valence electrons. The van der Waals surface area contributed by atoms with Gasteiger partial charge in [0.2, 0.25) is 0 Å². The number of halogens is 1. The lowest BCUT2D eigenvalue weighted by Gasteiger charge is -2.18. The standard InChI is InChI=1S/C20H20FN3O/c1-13-8-9-24(12-13)17-5-3-16(4-6-17)22-20(25)19-11-14-10-15(21)2-7-18(14)23-19/h2-7,10-11,13,23H,8-9,12H2,1H3,(H,22,25). The van der Waals surface area contributed by atoms with E-state index in [0.29, 0.717) is 11.1 Å². The first-order valence-corrected chi connectivity index (χ1v) is 8.53. The molecule has 25 heavy (non-hydrogen) atoms. The molecule has 1 aromatic heterocycles. The van der Waals surface area contributed by atoms with Gasteiger partial charge in [-0.3, -0.25) is 4.79 Å². The fourth-order valence-electron chi connectivity index (χ4n) is 3.35. The van der Waals surface area contributed by atoms with Crippen molar-refractivity contribution in [2.45, 2.75) is 13.3 Å². The first kappa shape index (κ1) is 15.7. The zero-order chi connectivity index (χ0) is 17.4. The predicted octanol–water partition coefficient (Wildman–Crippen LogP) is 4.41. The highest BCUT2D eigenvalue weighted by atomic mass is 19.1. The second-order valence-corrected chi connectivity index (χ2v) is 6.76. The molecule has 2 N–H and O–H groups in total. The van der Waals surface area contributed by atoms with Crippen LogP contribution in [0.1, 0.15) is 23.8 Å². The number of aromatic nitrogens is 1. The maximum Gasteiger partial charge on any atom is 0.272 e. The van der Waals surface area contributed by atoms with Gasteiger partial charge in [0, 0.05) is 35.4 Å². The van der Waals surface area contributed by atoms with Crippen molar-refractivity contribution < 1.29 is 9.18 Å². The van der Waals surface area contributed by atoms with Gasteiger partial charge in [-0.25, -0.2) is 4.39 Å². The van der Waals surface area contributed by atoms with E-state index in [9.17, 15) is 9.18 Å². The summed E-state index contributed by atoms with van der Waals surface area (Å²) in [7, 11) is 0. The summed E-state index contributed by atoms with van der Waals surface area (Å²) in [5, 5.41) is 3.56. The van der Waals surface area contributed by atoms with Crippen LogP contribution < -0.4 is 10.2 Å². The van der Waals surface area contributed by atoms with Gasteiger partial charge in [-0.2, -0.15) is 0 Å². The lowest BCUT2D eigenvalue weighted by molar-refractivity contribution is 0.102. The molecule has 0 radical (unpaired) electrons. The minimum absolute atomic E-state index is 0.237. The molecule has 0 bridgehead atoms. The van der Waals surface area contributed by atoms with E-state index in [2.05, 4.69) is 22.1 Å². The average Bonchev–Trinajstić information content (AvgIpc) is 3.21. The van der Waals surface area contributed by atoms with E-state index in [4.69, 9.17) is 0 Å². The van der Waals surface area contributed by atoms with Crippen molar-refractivity contribution >= 4 is 28.2 Å². The average molecular weight is 337 g/mol. The first-order chi connectivity index (χ1) is 12.1. The van der Waals surface area contributed by atoms with Crippen molar-refractivity contribution in [2.24, 2.45) is 5.92 Å². The van der Waals surface area contributed by atoms with E-state index in [1.165, 1.54) is 24.2 Å². The van der Waals surface area contributed by atoms with Crippen LogP contribution in [0.15, 0.2) is 48.5 Å². The van der Waals surface area contributed by atoms with Crippen molar-refractivity contribution in [1.82, 2.24) is 4.98 Å². The Labute approximate surface area is 145 Å². The van der Waals surface area contributed by atoms with Crippen LogP contribution in [-0.2, 0) is 0 Å². The number of anilines is 2. The molecule has 1 atom stereocenters. The van der Waals surface area contributed by atoms with Crippen LogP contribution in [0.4, 0.5) is 15.8 Å². The van der Waals surface area contributed by atoms with E-state index >= 15 is 0 Å². The highest BCUT2D eigenvalue weighted by Gasteiger charge is 2.18. The molecule has 2 heterocycles. The van der Waals surface area contributed by atoms with E-state index in [-0.39, 0.29) is 11.7 Å². The van der Waals surface area contributed by atoms with E-state index in [1.54, 1.807) is 12.1 Å². The Morgan fingerprint density at radius 2 is 2.00 bits per heavy atom. The van der Waals surface area contributed by atoms with Gasteiger partial charge in [-0.15, -0.1) is 0 Å². The number of amides is 1. The maximum atomic E-state index is 13.3. The number of hydrogen-bond acceptors (Lipinski definition) is 2. The van der Waals surface area contributed by atoms with E-state index in [0.717, 1.165) is 30.2 Å². The predicted molar refractivity (Wildman–Crippen MR) is 98.6 cm³/mol. The number of nitrogens with zero attached hydrogens (tertiary/aromatic N) is 1. The molecule has 4 nitrogen and oxygen atoms in total. The molecular formula is C20H20FN3O. The topological polar surface area (TPSA) is 48.1 Å².